The number of esters is 3. The second-order valence-corrected chi connectivity index (χ2v) is 14.0. The molecule has 0 heterocycles. The van der Waals surface area contributed by atoms with E-state index in [-0.39, 0.29) is 44.4 Å². The molecule has 0 bridgehead atoms. The number of hydrogen-bond acceptors (Lipinski definition) is 6. The van der Waals surface area contributed by atoms with Crippen LogP contribution in [0.4, 0.5) is 0 Å². The van der Waals surface area contributed by atoms with E-state index in [9.17, 15) is 14.4 Å². The molecule has 60 heavy (non-hydrogen) atoms. The summed E-state index contributed by atoms with van der Waals surface area (Å²) in [6.45, 7) is 6.04. The summed E-state index contributed by atoms with van der Waals surface area (Å²) in [4.78, 5) is 37.7. The van der Waals surface area contributed by atoms with E-state index in [1.54, 1.807) is 6.08 Å². The van der Waals surface area contributed by atoms with E-state index in [0.29, 0.717) is 12.8 Å². The van der Waals surface area contributed by atoms with Crippen LogP contribution in [-0.2, 0) is 28.6 Å². The van der Waals surface area contributed by atoms with Crippen LogP contribution in [0.1, 0.15) is 143 Å². The summed E-state index contributed by atoms with van der Waals surface area (Å²) in [7, 11) is 0. The molecular formula is C54H78O6. The Morgan fingerprint density at radius 3 is 1.25 bits per heavy atom. The van der Waals surface area contributed by atoms with Crippen molar-refractivity contribution in [1.29, 1.82) is 0 Å². The van der Waals surface area contributed by atoms with Gasteiger partial charge in [-0.2, -0.15) is 0 Å². The van der Waals surface area contributed by atoms with Crippen LogP contribution in [0.15, 0.2) is 158 Å². The summed E-state index contributed by atoms with van der Waals surface area (Å²) < 4.78 is 16.5. The number of unbranched alkanes of at least 4 members (excludes halogenated alkanes) is 6. The molecule has 0 saturated heterocycles. The average molecular weight is 823 g/mol. The van der Waals surface area contributed by atoms with Gasteiger partial charge in [0, 0.05) is 12.8 Å². The molecule has 0 amide bonds. The van der Waals surface area contributed by atoms with Crippen molar-refractivity contribution in [2.75, 3.05) is 13.2 Å². The Morgan fingerprint density at radius 1 is 0.367 bits per heavy atom. The van der Waals surface area contributed by atoms with Crippen LogP contribution >= 0.6 is 0 Å². The predicted octanol–water partition coefficient (Wildman–Crippen LogP) is 14.7. The molecule has 0 aliphatic carbocycles. The van der Waals surface area contributed by atoms with Gasteiger partial charge in [0.2, 0.25) is 0 Å². The van der Waals surface area contributed by atoms with Gasteiger partial charge < -0.3 is 14.2 Å². The van der Waals surface area contributed by atoms with E-state index in [4.69, 9.17) is 14.2 Å². The Kier molecular flexibility index (Phi) is 42.8. The van der Waals surface area contributed by atoms with Crippen molar-refractivity contribution in [2.45, 2.75) is 149 Å². The molecule has 0 aromatic heterocycles. The average Bonchev–Trinajstić information content (AvgIpc) is 3.24. The lowest BCUT2D eigenvalue weighted by atomic mass is 10.1. The first kappa shape index (κ1) is 55.0. The zero-order valence-corrected chi connectivity index (χ0v) is 37.4. The van der Waals surface area contributed by atoms with Gasteiger partial charge in [0.1, 0.15) is 13.2 Å². The van der Waals surface area contributed by atoms with Gasteiger partial charge in [-0.25, -0.2) is 0 Å². The van der Waals surface area contributed by atoms with E-state index in [1.807, 2.05) is 66.8 Å². The van der Waals surface area contributed by atoms with Crippen molar-refractivity contribution < 1.29 is 28.6 Å². The maximum atomic E-state index is 12.7. The number of allylic oxidation sites excluding steroid dienone is 25. The fraction of sp³-hybridized carbons (Fsp3) is 0.463. The summed E-state index contributed by atoms with van der Waals surface area (Å²) in [6.07, 6.45) is 68.3. The molecule has 0 aromatic rings. The lowest BCUT2D eigenvalue weighted by Gasteiger charge is -2.18. The predicted molar refractivity (Wildman–Crippen MR) is 255 cm³/mol. The van der Waals surface area contributed by atoms with Gasteiger partial charge in [-0.3, -0.25) is 14.4 Å². The van der Waals surface area contributed by atoms with E-state index in [1.165, 1.54) is 0 Å². The van der Waals surface area contributed by atoms with Crippen LogP contribution in [0.2, 0.25) is 0 Å². The highest BCUT2D eigenvalue weighted by atomic mass is 16.6. The third-order valence-corrected chi connectivity index (χ3v) is 8.45. The van der Waals surface area contributed by atoms with Crippen molar-refractivity contribution in [3.8, 4) is 0 Å². The van der Waals surface area contributed by atoms with Crippen LogP contribution in [0.25, 0.3) is 0 Å². The molecule has 0 aliphatic heterocycles. The first-order valence-corrected chi connectivity index (χ1v) is 22.6. The second kappa shape index (κ2) is 46.7. The van der Waals surface area contributed by atoms with E-state index in [0.717, 1.165) is 89.9 Å². The second-order valence-electron chi connectivity index (χ2n) is 14.0. The fourth-order valence-electron chi connectivity index (χ4n) is 5.17. The first-order valence-electron chi connectivity index (χ1n) is 22.6. The van der Waals surface area contributed by atoms with Crippen LogP contribution in [0, 0.1) is 0 Å². The largest absolute Gasteiger partial charge is 0.462 e. The molecule has 330 valence electrons. The minimum atomic E-state index is -0.855. The SMILES string of the molecule is CC\C=C/C=C\C=C/C=C\C=C\C=C/CCCCCC(=O)OCC(COC(=O)C/C=C\C/C=C\C/C=C\CC)OC(=O)CCCCC/C=C\C/C=C\C/C=C\C/C=C\CC. The quantitative estimate of drug-likeness (QED) is 0.0204. The normalized spacial score (nSPS) is 13.6. The monoisotopic (exact) mass is 823 g/mol. The van der Waals surface area contributed by atoms with Gasteiger partial charge in [0.15, 0.2) is 6.10 Å². The summed E-state index contributed by atoms with van der Waals surface area (Å²) in [6, 6.07) is 0. The minimum Gasteiger partial charge on any atom is -0.462 e. The Bertz CT molecular complexity index is 1460. The molecule has 0 aliphatic rings. The number of hydrogen-bond donors (Lipinski definition) is 0. The maximum Gasteiger partial charge on any atom is 0.309 e. The Hall–Kier alpha value is -4.97. The molecule has 0 aromatic carbocycles. The van der Waals surface area contributed by atoms with E-state index < -0.39 is 12.1 Å². The van der Waals surface area contributed by atoms with Gasteiger partial charge in [0.05, 0.1) is 6.42 Å². The third-order valence-electron chi connectivity index (χ3n) is 8.45. The molecule has 0 rings (SSSR count). The molecule has 0 radical (unpaired) electrons. The summed E-state index contributed by atoms with van der Waals surface area (Å²) in [5, 5.41) is 0. The zero-order chi connectivity index (χ0) is 43.7. The van der Waals surface area contributed by atoms with Gasteiger partial charge in [-0.05, 0) is 89.9 Å². The molecular weight excluding hydrogens is 745 g/mol. The highest BCUT2D eigenvalue weighted by Gasteiger charge is 2.19. The van der Waals surface area contributed by atoms with Crippen molar-refractivity contribution in [2.24, 2.45) is 0 Å². The van der Waals surface area contributed by atoms with Gasteiger partial charge in [-0.15, -0.1) is 0 Å². The molecule has 0 N–H and O–H groups in total. The zero-order valence-electron chi connectivity index (χ0n) is 37.4. The summed E-state index contributed by atoms with van der Waals surface area (Å²) in [5.74, 6) is -1.17. The lowest BCUT2D eigenvalue weighted by molar-refractivity contribution is -0.166. The van der Waals surface area contributed by atoms with Gasteiger partial charge in [-0.1, -0.05) is 192 Å². The number of rotatable bonds is 37. The molecule has 6 nitrogen and oxygen atoms in total. The molecule has 0 spiro atoms. The standard InChI is InChI=1S/C54H78O6/c1-4-7-10-13-16-19-21-23-25-27-29-30-32-35-38-41-44-47-53(56)59-50-51(49-58-52(55)46-43-40-37-34-18-15-12-9-6-3)60-54(57)48-45-42-39-36-33-31-28-26-24-22-20-17-14-11-8-5-2/h7-13,16-21,23-27,29-34,40,43,51H,4-6,14-15,22,28,35-39,41-42,44-50H2,1-3H3/b10-7-,11-8-,12-9-,16-13-,20-17-,21-19-,25-23-,26-24-,29-27+,32-30-,33-31-,34-18-,43-40-. The van der Waals surface area contributed by atoms with Gasteiger partial charge >= 0.3 is 17.9 Å². The first-order chi connectivity index (χ1) is 29.5. The molecule has 1 unspecified atom stereocenters. The van der Waals surface area contributed by atoms with Crippen LogP contribution in [0.3, 0.4) is 0 Å². The molecule has 0 saturated carbocycles. The van der Waals surface area contributed by atoms with Crippen LogP contribution in [0.5, 0.6) is 0 Å². The Morgan fingerprint density at radius 2 is 0.750 bits per heavy atom. The van der Waals surface area contributed by atoms with Crippen LogP contribution < -0.4 is 0 Å². The Labute approximate surface area is 365 Å². The summed E-state index contributed by atoms with van der Waals surface area (Å²) in [5.41, 5.74) is 0. The highest BCUT2D eigenvalue weighted by molar-refractivity contribution is 5.72. The van der Waals surface area contributed by atoms with Crippen molar-refractivity contribution >= 4 is 17.9 Å². The molecule has 1 atom stereocenters. The highest BCUT2D eigenvalue weighted by Crippen LogP contribution is 2.10. The van der Waals surface area contributed by atoms with Crippen molar-refractivity contribution in [3.63, 3.8) is 0 Å². The van der Waals surface area contributed by atoms with Crippen molar-refractivity contribution in [3.05, 3.63) is 158 Å². The molecule has 0 fully saturated rings. The summed E-state index contributed by atoms with van der Waals surface area (Å²) >= 11 is 0. The number of ether oxygens (including phenoxy) is 3. The topological polar surface area (TPSA) is 78.9 Å². The van der Waals surface area contributed by atoms with E-state index in [2.05, 4.69) is 106 Å². The van der Waals surface area contributed by atoms with Crippen molar-refractivity contribution in [1.82, 2.24) is 0 Å². The minimum absolute atomic E-state index is 0.110. The number of carbonyl (C=O) groups is 3. The maximum absolute atomic E-state index is 12.7. The lowest BCUT2D eigenvalue weighted by Crippen LogP contribution is -2.30. The number of carbonyl (C=O) groups excluding carboxylic acids is 3. The van der Waals surface area contributed by atoms with E-state index >= 15 is 0 Å². The van der Waals surface area contributed by atoms with Gasteiger partial charge in [0.25, 0.3) is 0 Å². The fourth-order valence-corrected chi connectivity index (χ4v) is 5.17. The Balaban J connectivity index is 4.62. The third kappa shape index (κ3) is 44.1. The molecule has 6 heteroatoms. The van der Waals surface area contributed by atoms with Crippen LogP contribution in [-0.4, -0.2) is 37.2 Å². The smallest absolute Gasteiger partial charge is 0.309 e.